The lowest BCUT2D eigenvalue weighted by molar-refractivity contribution is -0.971. The number of non-ortho nitro benzene ring substituents is 1. The lowest BCUT2D eigenvalue weighted by Crippen LogP contribution is -2.68. The van der Waals surface area contributed by atoms with Gasteiger partial charge in [0.1, 0.15) is 6.04 Å². The summed E-state index contributed by atoms with van der Waals surface area (Å²) in [6.45, 7) is 9.33. The number of esters is 1. The molecule has 0 aliphatic carbocycles. The normalized spacial score (nSPS) is 26.3. The zero-order valence-electron chi connectivity index (χ0n) is 19.9. The van der Waals surface area contributed by atoms with Crippen molar-refractivity contribution in [3.05, 3.63) is 94.7 Å². The third-order valence-electron chi connectivity index (χ3n) is 8.19. The number of nitro groups is 1. The summed E-state index contributed by atoms with van der Waals surface area (Å²) < 4.78 is 7.23. The highest BCUT2D eigenvalue weighted by Gasteiger charge is 2.54. The molecule has 0 spiro atoms. The molecule has 2 aromatic carbocycles. The minimum atomic E-state index is -0.474. The van der Waals surface area contributed by atoms with Crippen molar-refractivity contribution >= 4 is 22.6 Å². The van der Waals surface area contributed by atoms with Gasteiger partial charge in [-0.15, -0.1) is 6.58 Å². The Hall–Kier alpha value is -3.58. The van der Waals surface area contributed by atoms with Gasteiger partial charge in [-0.05, 0) is 37.1 Å². The highest BCUT2D eigenvalue weighted by molar-refractivity contribution is 5.90. The zero-order valence-corrected chi connectivity index (χ0v) is 19.9. The first-order chi connectivity index (χ1) is 17.0. The van der Waals surface area contributed by atoms with Gasteiger partial charge in [-0.3, -0.25) is 15.1 Å². The minimum Gasteiger partial charge on any atom is -0.447 e. The van der Waals surface area contributed by atoms with Crippen molar-refractivity contribution in [1.29, 1.82) is 0 Å². The number of pyridine rings is 1. The number of carbonyl (C=O) groups is 1. The SMILES string of the molecule is C=CC1C[N+]2(CC)CCC1CC2[C@@H](OC(=O)c1ccc([N+](=O)[O-])cc1)c1ccnc2ccccc12. The Labute approximate surface area is 204 Å². The van der Waals surface area contributed by atoms with Crippen LogP contribution in [0.15, 0.2) is 73.4 Å². The Morgan fingerprint density at radius 2 is 2.03 bits per heavy atom. The molecule has 0 saturated carbocycles. The summed E-state index contributed by atoms with van der Waals surface area (Å²) in [5.74, 6) is 0.529. The number of rotatable bonds is 7. The van der Waals surface area contributed by atoms with Crippen molar-refractivity contribution in [3.8, 4) is 0 Å². The molecule has 7 heteroatoms. The van der Waals surface area contributed by atoms with Gasteiger partial charge in [0.25, 0.3) is 5.69 Å². The summed E-state index contributed by atoms with van der Waals surface area (Å²) >= 11 is 0. The third-order valence-corrected chi connectivity index (χ3v) is 8.19. The summed E-state index contributed by atoms with van der Waals surface area (Å²) in [4.78, 5) is 28.5. The van der Waals surface area contributed by atoms with Crippen LogP contribution in [0.25, 0.3) is 10.9 Å². The van der Waals surface area contributed by atoms with Gasteiger partial charge in [0.2, 0.25) is 0 Å². The van der Waals surface area contributed by atoms with Gasteiger partial charge in [-0.1, -0.05) is 24.3 Å². The molecule has 4 heterocycles. The van der Waals surface area contributed by atoms with Gasteiger partial charge in [0.15, 0.2) is 6.10 Å². The first kappa shape index (κ1) is 23.2. The van der Waals surface area contributed by atoms with E-state index in [0.29, 0.717) is 17.4 Å². The largest absolute Gasteiger partial charge is 0.447 e. The van der Waals surface area contributed by atoms with E-state index in [2.05, 4.69) is 24.6 Å². The Bertz CT molecular complexity index is 1270. The van der Waals surface area contributed by atoms with Crippen LogP contribution in [0.4, 0.5) is 5.69 Å². The molecule has 180 valence electrons. The Morgan fingerprint density at radius 1 is 1.26 bits per heavy atom. The molecule has 0 N–H and O–H groups in total. The van der Waals surface area contributed by atoms with Crippen LogP contribution in [-0.4, -0.2) is 46.0 Å². The highest BCUT2D eigenvalue weighted by atomic mass is 16.6. The standard InChI is InChI=1S/C28H30N3O4/c1-3-19-18-31(4-2)16-14-21(19)17-26(31)27(24-13-15-29-25-8-6-5-7-23(24)25)35-28(32)20-9-11-22(12-10-20)30(33)34/h3,5-13,15,19,21,26-27H,1,4,14,16-18H2,2H3/q+1/t19?,21?,26?,27-,31?/m0/s1. The number of nitrogens with zero attached hydrogens (tertiary/aromatic N) is 3. The number of benzene rings is 2. The molecular weight excluding hydrogens is 442 g/mol. The molecule has 5 atom stereocenters. The van der Waals surface area contributed by atoms with Gasteiger partial charge in [-0.25, -0.2) is 4.79 Å². The van der Waals surface area contributed by atoms with Crippen LogP contribution in [0.1, 0.15) is 41.8 Å². The van der Waals surface area contributed by atoms with Crippen molar-refractivity contribution in [2.75, 3.05) is 19.6 Å². The third kappa shape index (κ3) is 4.10. The van der Waals surface area contributed by atoms with E-state index in [-0.39, 0.29) is 11.7 Å². The van der Waals surface area contributed by atoms with Gasteiger partial charge >= 0.3 is 5.97 Å². The van der Waals surface area contributed by atoms with E-state index >= 15 is 0 Å². The van der Waals surface area contributed by atoms with E-state index < -0.39 is 17.0 Å². The Balaban J connectivity index is 1.57. The second kappa shape index (κ2) is 9.23. The number of fused-ring (bicyclic) bond motifs is 4. The number of piperidine rings is 3. The number of ether oxygens (including phenoxy) is 1. The van der Waals surface area contributed by atoms with E-state index in [1.807, 2.05) is 30.3 Å². The van der Waals surface area contributed by atoms with E-state index in [4.69, 9.17) is 4.74 Å². The number of aromatic nitrogens is 1. The molecule has 7 nitrogen and oxygen atoms in total. The molecule has 3 fully saturated rings. The minimum absolute atomic E-state index is 0.0557. The van der Waals surface area contributed by atoms with E-state index in [1.165, 1.54) is 24.3 Å². The molecule has 2 bridgehead atoms. The molecule has 0 radical (unpaired) electrons. The molecule has 3 aromatic rings. The maximum Gasteiger partial charge on any atom is 0.338 e. The second-order valence-corrected chi connectivity index (χ2v) is 9.74. The molecule has 4 unspecified atom stereocenters. The van der Waals surface area contributed by atoms with Crippen LogP contribution in [0, 0.1) is 22.0 Å². The van der Waals surface area contributed by atoms with Crippen LogP contribution in [-0.2, 0) is 4.74 Å². The van der Waals surface area contributed by atoms with Gasteiger partial charge < -0.3 is 9.22 Å². The summed E-state index contributed by atoms with van der Waals surface area (Å²) in [5, 5.41) is 12.0. The number of para-hydroxylation sites is 1. The fourth-order valence-corrected chi connectivity index (χ4v) is 6.24. The highest BCUT2D eigenvalue weighted by Crippen LogP contribution is 2.48. The fraction of sp³-hybridized carbons (Fsp3) is 0.357. The van der Waals surface area contributed by atoms with Gasteiger partial charge in [0, 0.05) is 48.0 Å². The molecule has 35 heavy (non-hydrogen) atoms. The van der Waals surface area contributed by atoms with Crippen LogP contribution in [0.5, 0.6) is 0 Å². The summed E-state index contributed by atoms with van der Waals surface area (Å²) in [6.07, 6.45) is 5.53. The smallest absolute Gasteiger partial charge is 0.338 e. The van der Waals surface area contributed by atoms with E-state index in [9.17, 15) is 14.9 Å². The molecule has 3 aliphatic heterocycles. The molecule has 1 aromatic heterocycles. The number of nitro benzene ring substituents is 1. The molecule has 3 aliphatic rings. The van der Waals surface area contributed by atoms with E-state index in [1.54, 1.807) is 6.20 Å². The molecular formula is C28H30N3O4+. The molecule has 3 saturated heterocycles. The second-order valence-electron chi connectivity index (χ2n) is 9.74. The van der Waals surface area contributed by atoms with E-state index in [0.717, 1.165) is 53.4 Å². The lowest BCUT2D eigenvalue weighted by Gasteiger charge is -2.58. The predicted molar refractivity (Wildman–Crippen MR) is 134 cm³/mol. The van der Waals surface area contributed by atoms with Gasteiger partial charge in [0.05, 0.1) is 35.6 Å². The molecule has 6 rings (SSSR count). The van der Waals surface area contributed by atoms with Crippen molar-refractivity contribution in [3.63, 3.8) is 0 Å². The first-order valence-electron chi connectivity index (χ1n) is 12.2. The van der Waals surface area contributed by atoms with Crippen LogP contribution < -0.4 is 0 Å². The van der Waals surface area contributed by atoms with Crippen LogP contribution >= 0.6 is 0 Å². The number of hydrogen-bond donors (Lipinski definition) is 0. The number of hydrogen-bond acceptors (Lipinski definition) is 5. The van der Waals surface area contributed by atoms with Gasteiger partial charge in [-0.2, -0.15) is 0 Å². The first-order valence-corrected chi connectivity index (χ1v) is 12.2. The van der Waals surface area contributed by atoms with Crippen molar-refractivity contribution < 1.29 is 18.9 Å². The Kier molecular flexibility index (Phi) is 6.11. The average Bonchev–Trinajstić information content (AvgIpc) is 2.91. The average molecular weight is 473 g/mol. The van der Waals surface area contributed by atoms with Crippen molar-refractivity contribution in [2.24, 2.45) is 11.8 Å². The maximum atomic E-state index is 13.4. The number of quaternary nitrogens is 1. The number of carbonyl (C=O) groups excluding carboxylic acids is 1. The summed E-state index contributed by atoms with van der Waals surface area (Å²) in [6, 6.07) is 15.6. The fourth-order valence-electron chi connectivity index (χ4n) is 6.24. The lowest BCUT2D eigenvalue weighted by atomic mass is 9.71. The maximum absolute atomic E-state index is 13.4. The van der Waals surface area contributed by atoms with Crippen molar-refractivity contribution in [2.45, 2.75) is 31.9 Å². The quantitative estimate of drug-likeness (QED) is 0.150. The summed E-state index contributed by atoms with van der Waals surface area (Å²) in [7, 11) is 0. The topological polar surface area (TPSA) is 82.3 Å². The van der Waals surface area contributed by atoms with Crippen LogP contribution in [0.2, 0.25) is 0 Å². The van der Waals surface area contributed by atoms with Crippen LogP contribution in [0.3, 0.4) is 0 Å². The van der Waals surface area contributed by atoms with Crippen molar-refractivity contribution in [1.82, 2.24) is 4.98 Å². The number of likely N-dealkylation sites (N-methyl/N-ethyl adjacent to an activating group) is 1. The molecule has 0 amide bonds. The Morgan fingerprint density at radius 3 is 2.74 bits per heavy atom. The monoisotopic (exact) mass is 472 g/mol. The zero-order chi connectivity index (χ0) is 24.6. The summed E-state index contributed by atoms with van der Waals surface area (Å²) in [5.41, 5.74) is 2.08. The predicted octanol–water partition coefficient (Wildman–Crippen LogP) is 5.47.